The number of nitrogens with one attached hydrogen (secondary N) is 2. The zero-order valence-corrected chi connectivity index (χ0v) is 12.2. The van der Waals surface area contributed by atoms with Crippen molar-refractivity contribution in [3.63, 3.8) is 0 Å². The Morgan fingerprint density at radius 3 is 2.86 bits per heavy atom. The Hall–Kier alpha value is -2.63. The van der Waals surface area contributed by atoms with Gasteiger partial charge in [-0.05, 0) is 37.0 Å². The van der Waals surface area contributed by atoms with Gasteiger partial charge in [0.2, 0.25) is 0 Å². The summed E-state index contributed by atoms with van der Waals surface area (Å²) >= 11 is 0. The number of hydrogen-bond donors (Lipinski definition) is 2. The molecule has 0 aliphatic heterocycles. The number of anilines is 3. The minimum absolute atomic E-state index is 0.275. The third-order valence-corrected chi connectivity index (χ3v) is 3.87. The highest BCUT2D eigenvalue weighted by atomic mass is 19.1. The molecule has 0 saturated heterocycles. The predicted octanol–water partition coefficient (Wildman–Crippen LogP) is 3.53. The highest BCUT2D eigenvalue weighted by molar-refractivity contribution is 5.66. The molecule has 0 unspecified atom stereocenters. The number of benzene rings is 1. The molecular formula is C16H16FN5. The molecule has 0 amide bonds. The Bertz CT molecular complexity index is 838. The van der Waals surface area contributed by atoms with Crippen molar-refractivity contribution >= 4 is 23.0 Å². The summed E-state index contributed by atoms with van der Waals surface area (Å²) in [5.74, 6) is 1.81. The Balaban J connectivity index is 1.81. The van der Waals surface area contributed by atoms with Gasteiger partial charge in [0.15, 0.2) is 5.65 Å². The number of aromatic nitrogens is 3. The van der Waals surface area contributed by atoms with Crippen LogP contribution in [-0.4, -0.2) is 21.6 Å². The SMILES string of the molecule is CNc1cc(Nc2cccc(F)c2)n2ncc(C3CC3)c2n1. The Labute approximate surface area is 127 Å². The van der Waals surface area contributed by atoms with Gasteiger partial charge in [-0.15, -0.1) is 0 Å². The highest BCUT2D eigenvalue weighted by Crippen LogP contribution is 2.42. The van der Waals surface area contributed by atoms with E-state index < -0.39 is 0 Å². The van der Waals surface area contributed by atoms with Crippen LogP contribution in [0.2, 0.25) is 0 Å². The molecule has 0 spiro atoms. The third kappa shape index (κ3) is 2.26. The Morgan fingerprint density at radius 2 is 2.14 bits per heavy atom. The van der Waals surface area contributed by atoms with Crippen molar-refractivity contribution in [2.75, 3.05) is 17.7 Å². The minimum Gasteiger partial charge on any atom is -0.373 e. The quantitative estimate of drug-likeness (QED) is 0.773. The van der Waals surface area contributed by atoms with Gasteiger partial charge in [0.25, 0.3) is 0 Å². The summed E-state index contributed by atoms with van der Waals surface area (Å²) in [6.07, 6.45) is 4.27. The molecule has 1 fully saturated rings. The lowest BCUT2D eigenvalue weighted by molar-refractivity contribution is 0.628. The smallest absolute Gasteiger partial charge is 0.163 e. The molecule has 0 bridgehead atoms. The van der Waals surface area contributed by atoms with Crippen molar-refractivity contribution in [3.8, 4) is 0 Å². The van der Waals surface area contributed by atoms with Crippen molar-refractivity contribution in [2.24, 2.45) is 0 Å². The summed E-state index contributed by atoms with van der Waals surface area (Å²) in [5.41, 5.74) is 2.71. The summed E-state index contributed by atoms with van der Waals surface area (Å²) in [6.45, 7) is 0. The van der Waals surface area contributed by atoms with Crippen LogP contribution in [0.1, 0.15) is 24.3 Å². The van der Waals surface area contributed by atoms with E-state index in [4.69, 9.17) is 0 Å². The highest BCUT2D eigenvalue weighted by Gasteiger charge is 2.28. The second kappa shape index (κ2) is 4.98. The van der Waals surface area contributed by atoms with Gasteiger partial charge < -0.3 is 10.6 Å². The first-order chi connectivity index (χ1) is 10.7. The molecule has 3 aromatic rings. The average Bonchev–Trinajstić information content (AvgIpc) is 3.26. The first kappa shape index (κ1) is 13.1. The summed E-state index contributed by atoms with van der Waals surface area (Å²) in [6, 6.07) is 8.23. The van der Waals surface area contributed by atoms with Crippen LogP contribution in [0.25, 0.3) is 5.65 Å². The van der Waals surface area contributed by atoms with Crippen molar-refractivity contribution in [2.45, 2.75) is 18.8 Å². The molecule has 2 heterocycles. The number of hydrogen-bond acceptors (Lipinski definition) is 4. The van der Waals surface area contributed by atoms with E-state index >= 15 is 0 Å². The maximum absolute atomic E-state index is 13.4. The van der Waals surface area contributed by atoms with Crippen LogP contribution >= 0.6 is 0 Å². The zero-order chi connectivity index (χ0) is 15.1. The molecule has 112 valence electrons. The molecule has 22 heavy (non-hydrogen) atoms. The monoisotopic (exact) mass is 297 g/mol. The van der Waals surface area contributed by atoms with Crippen LogP contribution in [-0.2, 0) is 0 Å². The first-order valence-electron chi connectivity index (χ1n) is 7.33. The van der Waals surface area contributed by atoms with Gasteiger partial charge in [0.1, 0.15) is 17.5 Å². The van der Waals surface area contributed by atoms with Crippen molar-refractivity contribution in [1.29, 1.82) is 0 Å². The van der Waals surface area contributed by atoms with Gasteiger partial charge in [-0.2, -0.15) is 9.61 Å². The van der Waals surface area contributed by atoms with Crippen molar-refractivity contribution in [1.82, 2.24) is 14.6 Å². The van der Waals surface area contributed by atoms with Gasteiger partial charge >= 0.3 is 0 Å². The molecule has 1 aliphatic carbocycles. The van der Waals surface area contributed by atoms with Crippen LogP contribution in [0.4, 0.5) is 21.7 Å². The lowest BCUT2D eigenvalue weighted by Gasteiger charge is -2.11. The van der Waals surface area contributed by atoms with E-state index in [0.717, 1.165) is 17.3 Å². The Morgan fingerprint density at radius 1 is 1.27 bits per heavy atom. The molecule has 1 aliphatic rings. The average molecular weight is 297 g/mol. The summed E-state index contributed by atoms with van der Waals surface area (Å²) in [7, 11) is 1.83. The maximum atomic E-state index is 13.4. The van der Waals surface area contributed by atoms with E-state index in [1.807, 2.05) is 25.4 Å². The van der Waals surface area contributed by atoms with E-state index in [2.05, 4.69) is 20.7 Å². The molecule has 0 radical (unpaired) electrons. The summed E-state index contributed by atoms with van der Waals surface area (Å²) in [4.78, 5) is 4.61. The molecule has 0 atom stereocenters. The predicted molar refractivity (Wildman–Crippen MR) is 84.2 cm³/mol. The number of nitrogens with zero attached hydrogens (tertiary/aromatic N) is 3. The van der Waals surface area contributed by atoms with Gasteiger partial charge in [-0.25, -0.2) is 9.37 Å². The fraction of sp³-hybridized carbons (Fsp3) is 0.250. The van der Waals surface area contributed by atoms with E-state index in [1.165, 1.54) is 30.5 Å². The third-order valence-electron chi connectivity index (χ3n) is 3.87. The van der Waals surface area contributed by atoms with Gasteiger partial charge in [-0.1, -0.05) is 6.07 Å². The van der Waals surface area contributed by atoms with E-state index in [1.54, 1.807) is 10.6 Å². The second-order valence-electron chi connectivity index (χ2n) is 5.52. The fourth-order valence-corrected chi connectivity index (χ4v) is 2.59. The standard InChI is InChI=1S/C16H16FN5/c1-18-14-8-15(20-12-4-2-3-11(17)7-12)22-16(21-14)13(9-19-22)10-5-6-10/h2-4,7-10,20H,5-6H2,1H3,(H,18,21). The lowest BCUT2D eigenvalue weighted by atomic mass is 10.2. The molecule has 5 nitrogen and oxygen atoms in total. The van der Waals surface area contributed by atoms with E-state index in [9.17, 15) is 4.39 Å². The van der Waals surface area contributed by atoms with Crippen LogP contribution in [0.15, 0.2) is 36.5 Å². The van der Waals surface area contributed by atoms with Gasteiger partial charge in [0, 0.05) is 24.4 Å². The summed E-state index contributed by atoms with van der Waals surface area (Å²) in [5, 5.41) is 10.7. The number of halogens is 1. The largest absolute Gasteiger partial charge is 0.373 e. The van der Waals surface area contributed by atoms with E-state index in [-0.39, 0.29) is 5.82 Å². The summed E-state index contributed by atoms with van der Waals surface area (Å²) < 4.78 is 15.1. The zero-order valence-electron chi connectivity index (χ0n) is 12.2. The normalized spacial score (nSPS) is 14.3. The molecule has 2 N–H and O–H groups in total. The van der Waals surface area contributed by atoms with Gasteiger partial charge in [0.05, 0.1) is 6.20 Å². The van der Waals surface area contributed by atoms with E-state index in [0.29, 0.717) is 11.6 Å². The first-order valence-corrected chi connectivity index (χ1v) is 7.33. The van der Waals surface area contributed by atoms with Crippen LogP contribution < -0.4 is 10.6 Å². The Kier molecular flexibility index (Phi) is 2.96. The molecule has 1 saturated carbocycles. The van der Waals surface area contributed by atoms with Crippen LogP contribution in [0.5, 0.6) is 0 Å². The van der Waals surface area contributed by atoms with Crippen molar-refractivity contribution < 1.29 is 4.39 Å². The topological polar surface area (TPSA) is 54.2 Å². The molecule has 6 heteroatoms. The maximum Gasteiger partial charge on any atom is 0.163 e. The molecule has 2 aromatic heterocycles. The number of fused-ring (bicyclic) bond motifs is 1. The minimum atomic E-state index is -0.275. The fourth-order valence-electron chi connectivity index (χ4n) is 2.59. The second-order valence-corrected chi connectivity index (χ2v) is 5.52. The molecule has 4 rings (SSSR count). The molecular weight excluding hydrogens is 281 g/mol. The van der Waals surface area contributed by atoms with Gasteiger partial charge in [-0.3, -0.25) is 0 Å². The van der Waals surface area contributed by atoms with Crippen LogP contribution in [0.3, 0.4) is 0 Å². The van der Waals surface area contributed by atoms with Crippen LogP contribution in [0, 0.1) is 5.82 Å². The van der Waals surface area contributed by atoms with Crippen molar-refractivity contribution in [3.05, 3.63) is 47.9 Å². The lowest BCUT2D eigenvalue weighted by Crippen LogP contribution is -2.04. The number of rotatable bonds is 4. The molecule has 1 aromatic carbocycles.